The van der Waals surface area contributed by atoms with Crippen molar-refractivity contribution in [2.24, 2.45) is 0 Å². The van der Waals surface area contributed by atoms with Crippen molar-refractivity contribution in [1.82, 2.24) is 14.7 Å². The van der Waals surface area contributed by atoms with Gasteiger partial charge in [0.25, 0.3) is 11.6 Å². The highest BCUT2D eigenvalue weighted by atomic mass is 16.6. The molecule has 0 bridgehead atoms. The van der Waals surface area contributed by atoms with Crippen LogP contribution in [0.25, 0.3) is 0 Å². The van der Waals surface area contributed by atoms with Gasteiger partial charge in [0.15, 0.2) is 0 Å². The second kappa shape index (κ2) is 8.57. The molecule has 0 N–H and O–H groups in total. The summed E-state index contributed by atoms with van der Waals surface area (Å²) in [5, 5.41) is 11.1. The molecule has 0 aromatic heterocycles. The number of nitro benzene ring substituents is 1. The van der Waals surface area contributed by atoms with E-state index in [2.05, 4.69) is 0 Å². The largest absolute Gasteiger partial charge is 0.342 e. The van der Waals surface area contributed by atoms with Crippen molar-refractivity contribution in [3.63, 3.8) is 0 Å². The quantitative estimate of drug-likeness (QED) is 0.570. The van der Waals surface area contributed by atoms with Crippen LogP contribution < -0.4 is 0 Å². The Morgan fingerprint density at radius 2 is 1.72 bits per heavy atom. The van der Waals surface area contributed by atoms with Gasteiger partial charge in [0.05, 0.1) is 11.5 Å². The molecule has 2 amide bonds. The SMILES string of the molecule is CCN(CC)C(=O)CN1CCN(C(=O)c2ccccc2[N+](=O)[O-])CC1. The molecule has 1 aliphatic rings. The van der Waals surface area contributed by atoms with Crippen LogP contribution in [0, 0.1) is 10.1 Å². The molecule has 0 aliphatic carbocycles. The number of benzene rings is 1. The molecule has 0 unspecified atom stereocenters. The molecule has 0 saturated carbocycles. The summed E-state index contributed by atoms with van der Waals surface area (Å²) in [6.45, 7) is 7.69. The van der Waals surface area contributed by atoms with Gasteiger partial charge in [-0.15, -0.1) is 0 Å². The molecule has 1 aliphatic heterocycles. The molecular formula is C17H24N4O4. The standard InChI is InChI=1S/C17H24N4O4/c1-3-19(4-2)16(22)13-18-9-11-20(12-10-18)17(23)14-7-5-6-8-15(14)21(24)25/h5-8H,3-4,9-13H2,1-2H3. The minimum atomic E-state index is -0.535. The van der Waals surface area contributed by atoms with Gasteiger partial charge in [-0.3, -0.25) is 24.6 Å². The Bertz CT molecular complexity index is 637. The molecule has 1 heterocycles. The monoisotopic (exact) mass is 348 g/mol. The van der Waals surface area contributed by atoms with E-state index >= 15 is 0 Å². The number of amides is 2. The van der Waals surface area contributed by atoms with Gasteiger partial charge in [0, 0.05) is 45.3 Å². The molecule has 8 nitrogen and oxygen atoms in total. The van der Waals surface area contributed by atoms with E-state index in [-0.39, 0.29) is 23.1 Å². The van der Waals surface area contributed by atoms with Crippen LogP contribution in [0.2, 0.25) is 0 Å². The smallest absolute Gasteiger partial charge is 0.282 e. The van der Waals surface area contributed by atoms with E-state index in [1.165, 1.54) is 12.1 Å². The lowest BCUT2D eigenvalue weighted by Gasteiger charge is -2.35. The fraction of sp³-hybridized carbons (Fsp3) is 0.529. The van der Waals surface area contributed by atoms with Crippen LogP contribution in [-0.4, -0.2) is 77.3 Å². The number of carbonyl (C=O) groups excluding carboxylic acids is 2. The van der Waals surface area contributed by atoms with Gasteiger partial charge in [-0.05, 0) is 19.9 Å². The summed E-state index contributed by atoms with van der Waals surface area (Å²) in [5.41, 5.74) is -0.0631. The highest BCUT2D eigenvalue weighted by Crippen LogP contribution is 2.20. The van der Waals surface area contributed by atoms with Crippen LogP contribution in [0.15, 0.2) is 24.3 Å². The van der Waals surface area contributed by atoms with Crippen molar-refractivity contribution in [3.8, 4) is 0 Å². The molecule has 136 valence electrons. The minimum absolute atomic E-state index is 0.0865. The van der Waals surface area contributed by atoms with Gasteiger partial charge in [-0.2, -0.15) is 0 Å². The summed E-state index contributed by atoms with van der Waals surface area (Å²) < 4.78 is 0. The fourth-order valence-electron chi connectivity index (χ4n) is 2.96. The first-order chi connectivity index (χ1) is 12.0. The first-order valence-corrected chi connectivity index (χ1v) is 8.50. The zero-order valence-electron chi connectivity index (χ0n) is 14.7. The molecular weight excluding hydrogens is 324 g/mol. The van der Waals surface area contributed by atoms with Crippen molar-refractivity contribution >= 4 is 17.5 Å². The number of nitrogens with zero attached hydrogens (tertiary/aromatic N) is 4. The van der Waals surface area contributed by atoms with E-state index in [1.807, 2.05) is 18.7 Å². The third-order valence-corrected chi connectivity index (χ3v) is 4.47. The Kier molecular flexibility index (Phi) is 6.46. The zero-order valence-corrected chi connectivity index (χ0v) is 14.7. The van der Waals surface area contributed by atoms with Crippen molar-refractivity contribution in [2.75, 3.05) is 45.8 Å². The van der Waals surface area contributed by atoms with Gasteiger partial charge < -0.3 is 9.80 Å². The van der Waals surface area contributed by atoms with E-state index in [4.69, 9.17) is 0 Å². The number of hydrogen-bond acceptors (Lipinski definition) is 5. The van der Waals surface area contributed by atoms with Crippen molar-refractivity contribution in [2.45, 2.75) is 13.8 Å². The summed E-state index contributed by atoms with van der Waals surface area (Å²) >= 11 is 0. The van der Waals surface area contributed by atoms with E-state index in [9.17, 15) is 19.7 Å². The molecule has 8 heteroatoms. The Morgan fingerprint density at radius 1 is 1.12 bits per heavy atom. The molecule has 0 spiro atoms. The van der Waals surface area contributed by atoms with Crippen LogP contribution >= 0.6 is 0 Å². The van der Waals surface area contributed by atoms with Gasteiger partial charge in [0.2, 0.25) is 5.91 Å². The lowest BCUT2D eigenvalue weighted by Crippen LogP contribution is -2.51. The topological polar surface area (TPSA) is 87.0 Å². The molecule has 1 aromatic rings. The van der Waals surface area contributed by atoms with Gasteiger partial charge in [0.1, 0.15) is 5.56 Å². The Morgan fingerprint density at radius 3 is 2.28 bits per heavy atom. The second-order valence-electron chi connectivity index (χ2n) is 5.91. The van der Waals surface area contributed by atoms with Crippen LogP contribution in [0.1, 0.15) is 24.2 Å². The number of rotatable bonds is 6. The van der Waals surface area contributed by atoms with E-state index < -0.39 is 4.92 Å². The maximum Gasteiger partial charge on any atom is 0.282 e. The summed E-state index contributed by atoms with van der Waals surface area (Å²) in [7, 11) is 0. The van der Waals surface area contributed by atoms with Crippen molar-refractivity contribution in [1.29, 1.82) is 0 Å². The molecule has 1 aromatic carbocycles. The zero-order chi connectivity index (χ0) is 18.4. The molecule has 1 saturated heterocycles. The van der Waals surface area contributed by atoms with Crippen LogP contribution in [0.4, 0.5) is 5.69 Å². The summed E-state index contributed by atoms with van der Waals surface area (Å²) in [5.74, 6) is -0.245. The molecule has 2 rings (SSSR count). The Labute approximate surface area is 147 Å². The number of likely N-dealkylation sites (N-methyl/N-ethyl adjacent to an activating group) is 1. The average molecular weight is 348 g/mol. The number of hydrogen-bond donors (Lipinski definition) is 0. The summed E-state index contributed by atoms with van der Waals surface area (Å²) in [6.07, 6.45) is 0. The first-order valence-electron chi connectivity index (χ1n) is 8.50. The van der Waals surface area contributed by atoms with Crippen LogP contribution in [0.5, 0.6) is 0 Å². The number of nitro groups is 1. The van der Waals surface area contributed by atoms with Crippen molar-refractivity contribution in [3.05, 3.63) is 39.9 Å². The van der Waals surface area contributed by atoms with E-state index in [1.54, 1.807) is 21.9 Å². The minimum Gasteiger partial charge on any atom is -0.342 e. The Hall–Kier alpha value is -2.48. The lowest BCUT2D eigenvalue weighted by atomic mass is 10.1. The van der Waals surface area contributed by atoms with Crippen LogP contribution in [0.3, 0.4) is 0 Å². The highest BCUT2D eigenvalue weighted by molar-refractivity contribution is 5.98. The number of carbonyl (C=O) groups is 2. The van der Waals surface area contributed by atoms with Gasteiger partial charge in [-0.1, -0.05) is 12.1 Å². The molecule has 0 radical (unpaired) electrons. The van der Waals surface area contributed by atoms with Gasteiger partial charge in [-0.25, -0.2) is 0 Å². The maximum absolute atomic E-state index is 12.6. The summed E-state index contributed by atoms with van der Waals surface area (Å²) in [4.78, 5) is 40.7. The maximum atomic E-state index is 12.6. The van der Waals surface area contributed by atoms with Gasteiger partial charge >= 0.3 is 0 Å². The molecule has 1 fully saturated rings. The van der Waals surface area contributed by atoms with E-state index in [0.717, 1.165) is 0 Å². The highest BCUT2D eigenvalue weighted by Gasteiger charge is 2.28. The number of para-hydroxylation sites is 1. The molecule has 25 heavy (non-hydrogen) atoms. The average Bonchev–Trinajstić information content (AvgIpc) is 2.62. The predicted molar refractivity (Wildman–Crippen MR) is 93.4 cm³/mol. The van der Waals surface area contributed by atoms with Crippen LogP contribution in [-0.2, 0) is 4.79 Å². The van der Waals surface area contributed by atoms with Crippen molar-refractivity contribution < 1.29 is 14.5 Å². The second-order valence-corrected chi connectivity index (χ2v) is 5.91. The normalized spacial score (nSPS) is 15.0. The third kappa shape index (κ3) is 4.54. The van der Waals surface area contributed by atoms with E-state index in [0.29, 0.717) is 45.8 Å². The molecule has 0 atom stereocenters. The number of piperazine rings is 1. The first kappa shape index (κ1) is 18.9. The Balaban J connectivity index is 1.95. The third-order valence-electron chi connectivity index (χ3n) is 4.47. The predicted octanol–water partition coefficient (Wildman–Crippen LogP) is 1.22. The fourth-order valence-corrected chi connectivity index (χ4v) is 2.96. The lowest BCUT2D eigenvalue weighted by molar-refractivity contribution is -0.385. The summed E-state index contributed by atoms with van der Waals surface area (Å²) in [6, 6.07) is 5.99.